The number of hydrogen-bond donors (Lipinski definition) is 2. The smallest absolute Gasteiger partial charge is 0.307 e. The number of urea groups is 1. The first-order chi connectivity index (χ1) is 10.7. The Bertz CT molecular complexity index is 739. The minimum Gasteiger partial charge on any atom is -0.307 e. The molecule has 0 unspecified atom stereocenters. The summed E-state index contributed by atoms with van der Waals surface area (Å²) in [5.74, 6) is -4.38. The molecule has 0 fully saturated rings. The molecule has 3 nitrogen and oxygen atoms in total. The molecule has 0 atom stereocenters. The molecule has 2 amide bonds. The van der Waals surface area contributed by atoms with Crippen LogP contribution in [-0.4, -0.2) is 6.03 Å². The second-order valence-electron chi connectivity index (χ2n) is 6.10. The van der Waals surface area contributed by atoms with E-state index in [2.05, 4.69) is 10.6 Å². The lowest BCUT2D eigenvalue weighted by Crippen LogP contribution is -2.23. The summed E-state index contributed by atoms with van der Waals surface area (Å²) >= 11 is 0. The lowest BCUT2D eigenvalue weighted by atomic mass is 9.86. The van der Waals surface area contributed by atoms with E-state index in [-0.39, 0.29) is 5.41 Å². The van der Waals surface area contributed by atoms with Crippen LogP contribution in [0.4, 0.5) is 29.3 Å². The molecule has 0 aliphatic carbocycles. The van der Waals surface area contributed by atoms with Gasteiger partial charge in [0.2, 0.25) is 0 Å². The van der Waals surface area contributed by atoms with E-state index in [4.69, 9.17) is 0 Å². The van der Waals surface area contributed by atoms with E-state index >= 15 is 0 Å². The van der Waals surface area contributed by atoms with Gasteiger partial charge in [0.1, 0.15) is 0 Å². The Balaban J connectivity index is 2.20. The van der Waals surface area contributed by atoms with E-state index in [9.17, 15) is 18.0 Å². The van der Waals surface area contributed by atoms with Crippen LogP contribution in [0.1, 0.15) is 26.3 Å². The molecule has 0 aromatic heterocycles. The van der Waals surface area contributed by atoms with Gasteiger partial charge in [0.05, 0.1) is 5.69 Å². The average Bonchev–Trinajstić information content (AvgIpc) is 2.47. The van der Waals surface area contributed by atoms with Crippen LogP contribution in [0.3, 0.4) is 0 Å². The predicted octanol–water partition coefficient (Wildman–Crippen LogP) is 5.05. The lowest BCUT2D eigenvalue weighted by molar-refractivity contribution is 0.262. The Morgan fingerprint density at radius 3 is 2.13 bits per heavy atom. The van der Waals surface area contributed by atoms with E-state index in [0.717, 1.165) is 17.7 Å². The highest BCUT2D eigenvalue weighted by Crippen LogP contribution is 2.29. The maximum atomic E-state index is 13.6. The van der Waals surface area contributed by atoms with Crippen LogP contribution < -0.4 is 10.6 Å². The van der Waals surface area contributed by atoms with Gasteiger partial charge >= 0.3 is 6.03 Å². The monoisotopic (exact) mass is 322 g/mol. The summed E-state index contributed by atoms with van der Waals surface area (Å²) in [5, 5.41) is 4.77. The molecule has 0 spiro atoms. The summed E-state index contributed by atoms with van der Waals surface area (Å²) in [5.41, 5.74) is 0.799. The van der Waals surface area contributed by atoms with Crippen molar-refractivity contribution in [1.82, 2.24) is 0 Å². The van der Waals surface area contributed by atoms with Gasteiger partial charge in [-0.2, -0.15) is 0 Å². The molecule has 0 saturated heterocycles. The van der Waals surface area contributed by atoms with Gasteiger partial charge in [0.15, 0.2) is 17.5 Å². The molecule has 6 heteroatoms. The van der Waals surface area contributed by atoms with Crippen molar-refractivity contribution in [3.63, 3.8) is 0 Å². The van der Waals surface area contributed by atoms with E-state index in [0.29, 0.717) is 5.69 Å². The van der Waals surface area contributed by atoms with Gasteiger partial charge in [0.25, 0.3) is 0 Å². The standard InChI is InChI=1S/C17H17F3N2O/c1-17(2,3)10-6-4-5-7-12(10)21-16(23)22-13-9-8-11(18)14(19)15(13)20/h4-9H,1-3H3,(H2,21,22,23). The van der Waals surface area contributed by atoms with Gasteiger partial charge in [-0.1, -0.05) is 39.0 Å². The fraction of sp³-hybridized carbons (Fsp3) is 0.235. The number of nitrogens with one attached hydrogen (secondary N) is 2. The number of amides is 2. The molecule has 0 aliphatic heterocycles. The number of para-hydroxylation sites is 1. The highest BCUT2D eigenvalue weighted by atomic mass is 19.2. The normalized spacial score (nSPS) is 11.2. The number of rotatable bonds is 2. The van der Waals surface area contributed by atoms with Crippen molar-refractivity contribution >= 4 is 17.4 Å². The third kappa shape index (κ3) is 3.83. The molecule has 0 heterocycles. The van der Waals surface area contributed by atoms with Crippen LogP contribution in [0.15, 0.2) is 36.4 Å². The minimum atomic E-state index is -1.63. The molecule has 0 saturated carbocycles. The maximum absolute atomic E-state index is 13.6. The van der Waals surface area contributed by atoms with Gasteiger partial charge in [-0.05, 0) is 29.2 Å². The first-order valence-electron chi connectivity index (χ1n) is 7.01. The molecule has 2 rings (SSSR count). The van der Waals surface area contributed by atoms with Gasteiger partial charge in [-0.15, -0.1) is 0 Å². The predicted molar refractivity (Wildman–Crippen MR) is 84.1 cm³/mol. The van der Waals surface area contributed by atoms with Crippen LogP contribution in [0.2, 0.25) is 0 Å². The largest absolute Gasteiger partial charge is 0.323 e. The molecule has 122 valence electrons. The molecule has 2 aromatic rings. The fourth-order valence-corrected chi connectivity index (χ4v) is 2.14. The first-order valence-corrected chi connectivity index (χ1v) is 7.01. The number of carbonyl (C=O) groups is 1. The van der Waals surface area contributed by atoms with Crippen molar-refractivity contribution in [2.45, 2.75) is 26.2 Å². The second-order valence-corrected chi connectivity index (χ2v) is 6.10. The third-order valence-electron chi connectivity index (χ3n) is 3.27. The molecule has 2 aromatic carbocycles. The molecule has 2 N–H and O–H groups in total. The Morgan fingerprint density at radius 2 is 1.48 bits per heavy atom. The van der Waals surface area contributed by atoms with Gasteiger partial charge < -0.3 is 10.6 Å². The van der Waals surface area contributed by atoms with Gasteiger partial charge in [0, 0.05) is 5.69 Å². The van der Waals surface area contributed by atoms with Crippen molar-refractivity contribution in [3.05, 3.63) is 59.4 Å². The summed E-state index contributed by atoms with van der Waals surface area (Å²) in [6.45, 7) is 5.96. The zero-order valence-corrected chi connectivity index (χ0v) is 13.0. The topological polar surface area (TPSA) is 41.1 Å². The van der Waals surface area contributed by atoms with Gasteiger partial charge in [-0.3, -0.25) is 0 Å². The van der Waals surface area contributed by atoms with Crippen LogP contribution >= 0.6 is 0 Å². The third-order valence-corrected chi connectivity index (χ3v) is 3.27. The molecule has 0 bridgehead atoms. The molecular weight excluding hydrogens is 305 g/mol. The first kappa shape index (κ1) is 16.9. The van der Waals surface area contributed by atoms with E-state index in [1.807, 2.05) is 32.9 Å². The molecular formula is C17H17F3N2O. The number of hydrogen-bond acceptors (Lipinski definition) is 1. The van der Waals surface area contributed by atoms with Crippen molar-refractivity contribution in [2.75, 3.05) is 10.6 Å². The quantitative estimate of drug-likeness (QED) is 0.747. The van der Waals surface area contributed by atoms with Crippen molar-refractivity contribution in [1.29, 1.82) is 0 Å². The summed E-state index contributed by atoms with van der Waals surface area (Å²) < 4.78 is 39.6. The second kappa shape index (κ2) is 6.32. The number of benzene rings is 2. The van der Waals surface area contributed by atoms with Crippen LogP contribution in [0.5, 0.6) is 0 Å². The fourth-order valence-electron chi connectivity index (χ4n) is 2.14. The van der Waals surface area contributed by atoms with Gasteiger partial charge in [-0.25, -0.2) is 18.0 Å². The Labute approximate surface area is 132 Å². The summed E-state index contributed by atoms with van der Waals surface area (Å²) in [6.07, 6.45) is 0. The zero-order chi connectivity index (χ0) is 17.2. The van der Waals surface area contributed by atoms with Crippen molar-refractivity contribution in [3.8, 4) is 0 Å². The molecule has 23 heavy (non-hydrogen) atoms. The highest BCUT2D eigenvalue weighted by Gasteiger charge is 2.19. The van der Waals surface area contributed by atoms with E-state index in [1.54, 1.807) is 12.1 Å². The summed E-state index contributed by atoms with van der Waals surface area (Å²) in [7, 11) is 0. The lowest BCUT2D eigenvalue weighted by Gasteiger charge is -2.23. The van der Waals surface area contributed by atoms with Crippen LogP contribution in [0, 0.1) is 17.5 Å². The average molecular weight is 322 g/mol. The number of carbonyl (C=O) groups excluding carboxylic acids is 1. The Hall–Kier alpha value is -2.50. The summed E-state index contributed by atoms with van der Waals surface area (Å²) in [6, 6.07) is 8.14. The molecule has 0 aliphatic rings. The summed E-state index contributed by atoms with van der Waals surface area (Å²) in [4.78, 5) is 12.0. The van der Waals surface area contributed by atoms with Crippen LogP contribution in [-0.2, 0) is 5.41 Å². The number of halogens is 3. The van der Waals surface area contributed by atoms with E-state index < -0.39 is 29.2 Å². The van der Waals surface area contributed by atoms with Crippen molar-refractivity contribution < 1.29 is 18.0 Å². The van der Waals surface area contributed by atoms with E-state index in [1.165, 1.54) is 0 Å². The number of anilines is 2. The Morgan fingerprint density at radius 1 is 0.870 bits per heavy atom. The van der Waals surface area contributed by atoms with Crippen LogP contribution in [0.25, 0.3) is 0 Å². The maximum Gasteiger partial charge on any atom is 0.323 e. The highest BCUT2D eigenvalue weighted by molar-refractivity contribution is 6.00. The molecule has 0 radical (unpaired) electrons. The van der Waals surface area contributed by atoms with Crippen molar-refractivity contribution in [2.24, 2.45) is 0 Å². The Kier molecular flexibility index (Phi) is 4.63. The SMILES string of the molecule is CC(C)(C)c1ccccc1NC(=O)Nc1ccc(F)c(F)c1F. The minimum absolute atomic E-state index is 0.211. The zero-order valence-electron chi connectivity index (χ0n) is 13.0.